The van der Waals surface area contributed by atoms with Crippen LogP contribution in [0.3, 0.4) is 0 Å². The fourth-order valence-corrected chi connectivity index (χ4v) is 2.70. The summed E-state index contributed by atoms with van der Waals surface area (Å²) in [6, 6.07) is 10.7. The van der Waals surface area contributed by atoms with Crippen molar-refractivity contribution in [3.05, 3.63) is 58.9 Å². The first-order valence-corrected chi connectivity index (χ1v) is 7.35. The Hall–Kier alpha value is -2.13. The Morgan fingerprint density at radius 3 is 2.57 bits per heavy atom. The Bertz CT molecular complexity index is 800. The molecule has 108 valence electrons. The lowest BCUT2D eigenvalue weighted by Crippen LogP contribution is -2.06. The molecule has 0 unspecified atom stereocenters. The first-order valence-electron chi connectivity index (χ1n) is 7.35. The van der Waals surface area contributed by atoms with Crippen LogP contribution in [0.5, 0.6) is 0 Å². The van der Waals surface area contributed by atoms with Gasteiger partial charge in [-0.25, -0.2) is 4.98 Å². The van der Waals surface area contributed by atoms with Crippen LogP contribution in [-0.4, -0.2) is 15.9 Å². The van der Waals surface area contributed by atoms with E-state index in [1.165, 1.54) is 27.9 Å². The molecule has 0 fully saturated rings. The molecule has 21 heavy (non-hydrogen) atoms. The number of pyridine rings is 1. The van der Waals surface area contributed by atoms with Crippen molar-refractivity contribution in [3.8, 4) is 11.3 Å². The maximum atomic E-state index is 5.81. The molecule has 0 amide bonds. The van der Waals surface area contributed by atoms with Crippen molar-refractivity contribution in [2.75, 3.05) is 6.54 Å². The minimum atomic E-state index is 0.625. The van der Waals surface area contributed by atoms with Gasteiger partial charge in [0.25, 0.3) is 0 Å². The van der Waals surface area contributed by atoms with Crippen LogP contribution >= 0.6 is 0 Å². The van der Waals surface area contributed by atoms with Gasteiger partial charge in [-0.15, -0.1) is 0 Å². The van der Waals surface area contributed by atoms with E-state index in [-0.39, 0.29) is 0 Å². The van der Waals surface area contributed by atoms with Crippen molar-refractivity contribution >= 4 is 5.65 Å². The summed E-state index contributed by atoms with van der Waals surface area (Å²) < 4.78 is 2.17. The van der Waals surface area contributed by atoms with Crippen molar-refractivity contribution in [2.45, 2.75) is 27.2 Å². The number of hydrogen-bond donors (Lipinski definition) is 1. The SMILES string of the molecule is Cc1ccc2nc(-c3ccc(C)c(C)c3)c(CCN)n2c1. The molecule has 2 N–H and O–H groups in total. The van der Waals surface area contributed by atoms with Crippen LogP contribution < -0.4 is 5.73 Å². The summed E-state index contributed by atoms with van der Waals surface area (Å²) in [6.45, 7) is 7.00. The summed E-state index contributed by atoms with van der Waals surface area (Å²) >= 11 is 0. The second kappa shape index (κ2) is 5.34. The summed E-state index contributed by atoms with van der Waals surface area (Å²) in [7, 11) is 0. The van der Waals surface area contributed by atoms with Gasteiger partial charge in [-0.3, -0.25) is 0 Å². The van der Waals surface area contributed by atoms with Gasteiger partial charge in [0.1, 0.15) is 5.65 Å². The van der Waals surface area contributed by atoms with Gasteiger partial charge in [-0.05, 0) is 56.1 Å². The molecule has 3 aromatic rings. The number of hydrogen-bond acceptors (Lipinski definition) is 2. The van der Waals surface area contributed by atoms with Crippen molar-refractivity contribution in [3.63, 3.8) is 0 Å². The molecule has 0 saturated carbocycles. The Morgan fingerprint density at radius 2 is 1.86 bits per heavy atom. The Balaban J connectivity index is 2.25. The van der Waals surface area contributed by atoms with Gasteiger partial charge in [-0.1, -0.05) is 18.2 Å². The predicted molar refractivity (Wildman–Crippen MR) is 87.6 cm³/mol. The Labute approximate surface area is 125 Å². The fraction of sp³-hybridized carbons (Fsp3) is 0.278. The average molecular weight is 279 g/mol. The zero-order valence-corrected chi connectivity index (χ0v) is 12.9. The van der Waals surface area contributed by atoms with E-state index < -0.39 is 0 Å². The Morgan fingerprint density at radius 1 is 1.05 bits per heavy atom. The third-order valence-corrected chi connectivity index (χ3v) is 4.03. The third kappa shape index (κ3) is 2.45. The monoisotopic (exact) mass is 279 g/mol. The molecular formula is C18H21N3. The molecule has 2 heterocycles. The molecule has 3 heteroatoms. The zero-order valence-electron chi connectivity index (χ0n) is 12.9. The van der Waals surface area contributed by atoms with Crippen LogP contribution in [0.15, 0.2) is 36.5 Å². The summed E-state index contributed by atoms with van der Waals surface area (Å²) in [5, 5.41) is 0. The van der Waals surface area contributed by atoms with Crippen LogP contribution in [0, 0.1) is 20.8 Å². The highest BCUT2D eigenvalue weighted by Gasteiger charge is 2.13. The molecular weight excluding hydrogens is 258 g/mol. The van der Waals surface area contributed by atoms with Gasteiger partial charge < -0.3 is 10.1 Å². The van der Waals surface area contributed by atoms with E-state index in [0.717, 1.165) is 17.8 Å². The first-order chi connectivity index (χ1) is 10.1. The van der Waals surface area contributed by atoms with E-state index in [0.29, 0.717) is 6.54 Å². The molecule has 0 atom stereocenters. The highest BCUT2D eigenvalue weighted by atomic mass is 15.0. The highest BCUT2D eigenvalue weighted by molar-refractivity contribution is 5.68. The lowest BCUT2D eigenvalue weighted by molar-refractivity contribution is 0.904. The summed E-state index contributed by atoms with van der Waals surface area (Å²) in [6.07, 6.45) is 2.96. The van der Waals surface area contributed by atoms with Gasteiger partial charge in [0.15, 0.2) is 0 Å². The molecule has 0 radical (unpaired) electrons. The summed E-state index contributed by atoms with van der Waals surface area (Å²) in [5.74, 6) is 0. The predicted octanol–water partition coefficient (Wildman–Crippen LogP) is 3.43. The van der Waals surface area contributed by atoms with Gasteiger partial charge >= 0.3 is 0 Å². The molecule has 0 spiro atoms. The van der Waals surface area contributed by atoms with Crippen molar-refractivity contribution in [1.82, 2.24) is 9.38 Å². The molecule has 0 aliphatic heterocycles. The number of aryl methyl sites for hydroxylation is 3. The quantitative estimate of drug-likeness (QED) is 0.798. The molecule has 3 nitrogen and oxygen atoms in total. The minimum absolute atomic E-state index is 0.625. The van der Waals surface area contributed by atoms with Gasteiger partial charge in [-0.2, -0.15) is 0 Å². The molecule has 0 aliphatic carbocycles. The maximum absolute atomic E-state index is 5.81. The normalized spacial score (nSPS) is 11.2. The van der Waals surface area contributed by atoms with Gasteiger partial charge in [0, 0.05) is 18.2 Å². The second-order valence-corrected chi connectivity index (χ2v) is 5.68. The maximum Gasteiger partial charge on any atom is 0.137 e. The van der Waals surface area contributed by atoms with E-state index in [4.69, 9.17) is 10.7 Å². The number of rotatable bonds is 3. The smallest absolute Gasteiger partial charge is 0.137 e. The topological polar surface area (TPSA) is 43.3 Å². The van der Waals surface area contributed by atoms with Crippen LogP contribution in [0.1, 0.15) is 22.4 Å². The van der Waals surface area contributed by atoms with Crippen LogP contribution in [-0.2, 0) is 6.42 Å². The van der Waals surface area contributed by atoms with E-state index >= 15 is 0 Å². The van der Waals surface area contributed by atoms with Crippen molar-refractivity contribution in [2.24, 2.45) is 5.73 Å². The molecule has 1 aromatic carbocycles. The number of nitrogens with zero attached hydrogens (tertiary/aromatic N) is 2. The number of fused-ring (bicyclic) bond motifs is 1. The standard InChI is InChI=1S/C18H21N3/c1-12-4-7-17-20-18(16(8-9-19)21(17)11-12)15-6-5-13(2)14(3)10-15/h4-7,10-11H,8-9,19H2,1-3H3. The summed E-state index contributed by atoms with van der Waals surface area (Å²) in [4.78, 5) is 4.82. The number of benzene rings is 1. The lowest BCUT2D eigenvalue weighted by Gasteiger charge is -2.06. The average Bonchev–Trinajstić information content (AvgIpc) is 2.81. The molecule has 0 bridgehead atoms. The largest absolute Gasteiger partial charge is 0.330 e. The van der Waals surface area contributed by atoms with E-state index in [9.17, 15) is 0 Å². The van der Waals surface area contributed by atoms with Crippen LogP contribution in [0.4, 0.5) is 0 Å². The third-order valence-electron chi connectivity index (χ3n) is 4.03. The highest BCUT2D eigenvalue weighted by Crippen LogP contribution is 2.27. The van der Waals surface area contributed by atoms with Crippen LogP contribution in [0.2, 0.25) is 0 Å². The van der Waals surface area contributed by atoms with E-state index in [2.05, 4.69) is 61.7 Å². The Kier molecular flexibility index (Phi) is 3.52. The van der Waals surface area contributed by atoms with Crippen LogP contribution in [0.25, 0.3) is 16.9 Å². The second-order valence-electron chi connectivity index (χ2n) is 5.68. The lowest BCUT2D eigenvalue weighted by atomic mass is 10.0. The molecule has 0 saturated heterocycles. The first kappa shape index (κ1) is 13.8. The number of imidazole rings is 1. The summed E-state index contributed by atoms with van der Waals surface area (Å²) in [5.41, 5.74) is 14.0. The number of nitrogens with two attached hydrogens (primary N) is 1. The van der Waals surface area contributed by atoms with Gasteiger partial charge in [0.05, 0.1) is 11.4 Å². The van der Waals surface area contributed by atoms with Gasteiger partial charge in [0.2, 0.25) is 0 Å². The fourth-order valence-electron chi connectivity index (χ4n) is 2.70. The van der Waals surface area contributed by atoms with Crippen molar-refractivity contribution in [1.29, 1.82) is 0 Å². The van der Waals surface area contributed by atoms with Crippen molar-refractivity contribution < 1.29 is 0 Å². The molecule has 2 aromatic heterocycles. The van der Waals surface area contributed by atoms with E-state index in [1.54, 1.807) is 0 Å². The molecule has 0 aliphatic rings. The van der Waals surface area contributed by atoms with E-state index in [1.807, 2.05) is 0 Å². The minimum Gasteiger partial charge on any atom is -0.330 e. The zero-order chi connectivity index (χ0) is 15.0. The number of aromatic nitrogens is 2. The molecule has 3 rings (SSSR count).